The van der Waals surface area contributed by atoms with E-state index in [-0.39, 0.29) is 11.8 Å². The summed E-state index contributed by atoms with van der Waals surface area (Å²) in [5.74, 6) is -0.487. The van der Waals surface area contributed by atoms with E-state index in [4.69, 9.17) is 10.0 Å². The summed E-state index contributed by atoms with van der Waals surface area (Å²) in [6.45, 7) is 4.02. The third kappa shape index (κ3) is 4.69. The summed E-state index contributed by atoms with van der Waals surface area (Å²) in [7, 11) is 1.47. The first-order valence-electron chi connectivity index (χ1n) is 8.42. The van der Waals surface area contributed by atoms with E-state index < -0.39 is 5.91 Å². The number of amides is 1. The second kappa shape index (κ2) is 9.36. The number of likely N-dealkylation sites (N-methyl/N-ethyl adjacent to an activating group) is 1. The Balaban J connectivity index is 2.17. The maximum Gasteiger partial charge on any atom is 0.273 e. The maximum absolute atomic E-state index is 11.8. The monoisotopic (exact) mass is 353 g/mol. The van der Waals surface area contributed by atoms with Crippen molar-refractivity contribution in [1.29, 1.82) is 0 Å². The number of nitrogens with one attached hydrogen (secondary N) is 1. The van der Waals surface area contributed by atoms with Crippen molar-refractivity contribution in [2.24, 2.45) is 10.3 Å². The van der Waals surface area contributed by atoms with Crippen molar-refractivity contribution < 1.29 is 14.8 Å². The van der Waals surface area contributed by atoms with Crippen LogP contribution in [0, 0.1) is 0 Å². The van der Waals surface area contributed by atoms with Crippen molar-refractivity contribution in [3.63, 3.8) is 0 Å². The van der Waals surface area contributed by atoms with Crippen molar-refractivity contribution in [2.75, 3.05) is 7.05 Å². The Bertz CT molecular complexity index is 815. The van der Waals surface area contributed by atoms with E-state index in [1.54, 1.807) is 24.3 Å². The Labute approximate surface area is 153 Å². The summed E-state index contributed by atoms with van der Waals surface area (Å²) in [4.78, 5) is 17.4. The molecule has 0 radical (unpaired) electrons. The van der Waals surface area contributed by atoms with Gasteiger partial charge in [0.25, 0.3) is 5.91 Å². The number of rotatable bonds is 7. The molecule has 6 nitrogen and oxygen atoms in total. The summed E-state index contributed by atoms with van der Waals surface area (Å²) < 4.78 is 0. The molecule has 2 aromatic rings. The Hall–Kier alpha value is -3.15. The fourth-order valence-corrected chi connectivity index (χ4v) is 2.47. The van der Waals surface area contributed by atoms with E-state index >= 15 is 0 Å². The first-order chi connectivity index (χ1) is 12.6. The second-order valence-electron chi connectivity index (χ2n) is 5.70. The first kappa shape index (κ1) is 19.2. The Morgan fingerprint density at radius 3 is 2.73 bits per heavy atom. The van der Waals surface area contributed by atoms with E-state index in [1.807, 2.05) is 19.1 Å². The molecule has 2 aromatic carbocycles. The average molecular weight is 353 g/mol. The fraction of sp³-hybridized carbons (Fsp3) is 0.250. The van der Waals surface area contributed by atoms with Crippen LogP contribution in [0.5, 0.6) is 0 Å². The summed E-state index contributed by atoms with van der Waals surface area (Å²) in [6.07, 6.45) is 2.25. The second-order valence-corrected chi connectivity index (χ2v) is 5.70. The minimum atomic E-state index is -0.487. The molecular formula is C20H23N3O3. The van der Waals surface area contributed by atoms with Crippen LogP contribution in [-0.2, 0) is 16.1 Å². The lowest BCUT2D eigenvalue weighted by Gasteiger charge is -2.11. The van der Waals surface area contributed by atoms with E-state index in [9.17, 15) is 4.79 Å². The van der Waals surface area contributed by atoms with Crippen LogP contribution in [0.25, 0.3) is 0 Å². The van der Waals surface area contributed by atoms with Gasteiger partial charge in [0.2, 0.25) is 0 Å². The molecule has 136 valence electrons. The zero-order valence-electron chi connectivity index (χ0n) is 15.1. The van der Waals surface area contributed by atoms with Gasteiger partial charge in [-0.3, -0.25) is 4.79 Å². The number of hydrogen-bond acceptors (Lipinski definition) is 5. The number of oxime groups is 2. The molecule has 0 aliphatic heterocycles. The van der Waals surface area contributed by atoms with Crippen LogP contribution in [0.3, 0.4) is 0 Å². The molecular weight excluding hydrogens is 330 g/mol. The SMILES string of the molecule is CCc1cccc(C(C)O/N=C/c2ccccc2C(=NO)C(=O)NC)c1. The van der Waals surface area contributed by atoms with Crippen molar-refractivity contribution in [3.05, 3.63) is 70.8 Å². The smallest absolute Gasteiger partial charge is 0.273 e. The van der Waals surface area contributed by atoms with Crippen molar-refractivity contribution in [1.82, 2.24) is 5.32 Å². The van der Waals surface area contributed by atoms with Gasteiger partial charge in [-0.25, -0.2) is 0 Å². The molecule has 0 aliphatic carbocycles. The highest BCUT2D eigenvalue weighted by Gasteiger charge is 2.16. The standard InChI is InChI=1S/C20H23N3O3/c1-4-15-8-7-10-16(12-15)14(2)26-22-13-17-9-5-6-11-18(17)19(23-25)20(24)21-3/h5-14,25H,4H2,1-3H3,(H,21,24)/b22-13+,23-19?. The fourth-order valence-electron chi connectivity index (χ4n) is 2.47. The predicted molar refractivity (Wildman–Crippen MR) is 102 cm³/mol. The number of hydrogen-bond donors (Lipinski definition) is 2. The number of benzene rings is 2. The van der Waals surface area contributed by atoms with Crippen LogP contribution in [0.15, 0.2) is 58.8 Å². The molecule has 0 spiro atoms. The molecule has 0 heterocycles. The van der Waals surface area contributed by atoms with E-state index in [0.29, 0.717) is 11.1 Å². The van der Waals surface area contributed by atoms with E-state index in [2.05, 4.69) is 34.7 Å². The van der Waals surface area contributed by atoms with Crippen LogP contribution < -0.4 is 5.32 Å². The summed E-state index contributed by atoms with van der Waals surface area (Å²) in [5.41, 5.74) is 3.26. The van der Waals surface area contributed by atoms with Gasteiger partial charge < -0.3 is 15.4 Å². The third-order valence-corrected chi connectivity index (χ3v) is 4.00. The van der Waals surface area contributed by atoms with Crippen LogP contribution >= 0.6 is 0 Å². The third-order valence-electron chi connectivity index (χ3n) is 4.00. The summed E-state index contributed by atoms with van der Waals surface area (Å²) >= 11 is 0. The first-order valence-corrected chi connectivity index (χ1v) is 8.42. The lowest BCUT2D eigenvalue weighted by Crippen LogP contribution is -2.29. The summed E-state index contributed by atoms with van der Waals surface area (Å²) in [5, 5.41) is 18.8. The van der Waals surface area contributed by atoms with Crippen molar-refractivity contribution >= 4 is 17.8 Å². The minimum Gasteiger partial charge on any atom is -0.410 e. The van der Waals surface area contributed by atoms with E-state index in [1.165, 1.54) is 18.8 Å². The van der Waals surface area contributed by atoms with Gasteiger partial charge in [-0.15, -0.1) is 0 Å². The maximum atomic E-state index is 11.8. The zero-order chi connectivity index (χ0) is 18.9. The largest absolute Gasteiger partial charge is 0.410 e. The Morgan fingerprint density at radius 2 is 2.04 bits per heavy atom. The molecule has 0 saturated heterocycles. The molecule has 0 saturated carbocycles. The average Bonchev–Trinajstić information content (AvgIpc) is 2.69. The van der Waals surface area contributed by atoms with Crippen molar-refractivity contribution in [2.45, 2.75) is 26.4 Å². The van der Waals surface area contributed by atoms with E-state index in [0.717, 1.165) is 12.0 Å². The molecule has 2 N–H and O–H groups in total. The molecule has 1 unspecified atom stereocenters. The Morgan fingerprint density at radius 1 is 1.27 bits per heavy atom. The van der Waals surface area contributed by atoms with Crippen LogP contribution in [0.1, 0.15) is 42.2 Å². The van der Waals surface area contributed by atoms with Gasteiger partial charge >= 0.3 is 0 Å². The van der Waals surface area contributed by atoms with Gasteiger partial charge in [-0.2, -0.15) is 0 Å². The van der Waals surface area contributed by atoms with Crippen molar-refractivity contribution in [3.8, 4) is 0 Å². The highest BCUT2D eigenvalue weighted by molar-refractivity contribution is 6.46. The van der Waals surface area contributed by atoms with Gasteiger partial charge in [0.05, 0.1) is 6.21 Å². The van der Waals surface area contributed by atoms with Gasteiger partial charge in [-0.1, -0.05) is 65.8 Å². The lowest BCUT2D eigenvalue weighted by molar-refractivity contribution is -0.114. The van der Waals surface area contributed by atoms with Gasteiger partial charge in [0.1, 0.15) is 6.10 Å². The molecule has 1 atom stereocenters. The molecule has 0 bridgehead atoms. The van der Waals surface area contributed by atoms with Gasteiger partial charge in [0, 0.05) is 18.2 Å². The number of carbonyl (C=O) groups is 1. The Kier molecular flexibility index (Phi) is 6.91. The summed E-state index contributed by atoms with van der Waals surface area (Å²) in [6, 6.07) is 15.2. The minimum absolute atomic E-state index is 0.0850. The molecule has 26 heavy (non-hydrogen) atoms. The highest BCUT2D eigenvalue weighted by Crippen LogP contribution is 2.19. The number of nitrogens with zero attached hydrogens (tertiary/aromatic N) is 2. The molecule has 0 fully saturated rings. The number of aryl methyl sites for hydroxylation is 1. The zero-order valence-corrected chi connectivity index (χ0v) is 15.1. The molecule has 6 heteroatoms. The lowest BCUT2D eigenvalue weighted by atomic mass is 10.0. The number of carbonyl (C=O) groups excluding carboxylic acids is 1. The predicted octanol–water partition coefficient (Wildman–Crippen LogP) is 3.29. The quantitative estimate of drug-likeness (QED) is 0.455. The molecule has 0 aliphatic rings. The molecule has 1 amide bonds. The molecule has 0 aromatic heterocycles. The van der Waals surface area contributed by atoms with Crippen LogP contribution in [-0.4, -0.2) is 30.1 Å². The van der Waals surface area contributed by atoms with Gasteiger partial charge in [-0.05, 0) is 24.5 Å². The van der Waals surface area contributed by atoms with Crippen LogP contribution in [0.2, 0.25) is 0 Å². The molecule has 2 rings (SSSR count). The highest BCUT2D eigenvalue weighted by atomic mass is 16.6. The van der Waals surface area contributed by atoms with Crippen LogP contribution in [0.4, 0.5) is 0 Å². The normalized spacial score (nSPS) is 12.8. The topological polar surface area (TPSA) is 83.3 Å². The van der Waals surface area contributed by atoms with Gasteiger partial charge in [0.15, 0.2) is 5.71 Å².